The molecule has 1 aromatic rings. The van der Waals surface area contributed by atoms with Crippen LogP contribution in [0, 0.1) is 5.41 Å². The summed E-state index contributed by atoms with van der Waals surface area (Å²) in [5, 5.41) is 8.36. The molecule has 0 bridgehead atoms. The summed E-state index contributed by atoms with van der Waals surface area (Å²) in [6, 6.07) is 3.29. The fourth-order valence-electron chi connectivity index (χ4n) is 1.48. The summed E-state index contributed by atoms with van der Waals surface area (Å²) < 4.78 is 5.37. The fraction of sp³-hybridized carbons (Fsp3) is 0.100. The molecule has 3 nitrogen and oxygen atoms in total. The van der Waals surface area contributed by atoms with Crippen LogP contribution in [0.3, 0.4) is 0 Å². The number of halogens is 2. The Morgan fingerprint density at radius 3 is 2.80 bits per heavy atom. The van der Waals surface area contributed by atoms with Gasteiger partial charge in [-0.05, 0) is 18.2 Å². The lowest BCUT2D eigenvalue weighted by Gasteiger charge is -2.19. The molecule has 78 valence electrons. The van der Waals surface area contributed by atoms with E-state index in [9.17, 15) is 0 Å². The molecule has 0 amide bonds. The molecule has 15 heavy (non-hydrogen) atoms. The summed E-state index contributed by atoms with van der Waals surface area (Å²) in [7, 11) is 0. The van der Waals surface area contributed by atoms with E-state index in [1.165, 1.54) is 0 Å². The maximum absolute atomic E-state index is 7.43. The minimum atomic E-state index is -0.0158. The maximum atomic E-state index is 7.43. The van der Waals surface area contributed by atoms with E-state index >= 15 is 0 Å². The lowest BCUT2D eigenvalue weighted by molar-refractivity contribution is 0.358. The van der Waals surface area contributed by atoms with E-state index in [1.807, 2.05) is 0 Å². The first-order valence-electron chi connectivity index (χ1n) is 4.26. The number of hydrogen-bond acceptors (Lipinski definition) is 2. The van der Waals surface area contributed by atoms with Gasteiger partial charge in [0.2, 0.25) is 0 Å². The highest BCUT2D eigenvalue weighted by atomic mass is 35.5. The summed E-state index contributed by atoms with van der Waals surface area (Å²) in [5.41, 5.74) is 6.74. The van der Waals surface area contributed by atoms with Gasteiger partial charge in [0.1, 0.15) is 18.2 Å². The molecule has 0 saturated carbocycles. The normalized spacial score (nSPS) is 13.9. The van der Waals surface area contributed by atoms with Gasteiger partial charge >= 0.3 is 0 Å². The summed E-state index contributed by atoms with van der Waals surface area (Å²) in [5.74, 6) is 0.520. The van der Waals surface area contributed by atoms with E-state index in [0.29, 0.717) is 33.5 Å². The minimum absolute atomic E-state index is 0.0158. The van der Waals surface area contributed by atoms with Crippen molar-refractivity contribution in [3.8, 4) is 5.75 Å². The van der Waals surface area contributed by atoms with E-state index in [2.05, 4.69) is 0 Å². The zero-order valence-electron chi connectivity index (χ0n) is 7.68. The highest BCUT2D eigenvalue weighted by Crippen LogP contribution is 2.38. The number of hydrogen-bond donors (Lipinski definition) is 2. The Hall–Kier alpha value is -1.19. The second-order valence-electron chi connectivity index (χ2n) is 3.11. The number of fused-ring (bicyclic) bond motifs is 1. The first-order chi connectivity index (χ1) is 7.09. The third kappa shape index (κ3) is 1.80. The van der Waals surface area contributed by atoms with Crippen molar-refractivity contribution in [2.24, 2.45) is 5.73 Å². The molecule has 0 unspecified atom stereocenters. The fourth-order valence-corrected chi connectivity index (χ4v) is 2.03. The maximum Gasteiger partial charge on any atom is 0.146 e. The molecule has 0 atom stereocenters. The van der Waals surface area contributed by atoms with E-state index in [-0.39, 0.29) is 5.84 Å². The number of amidine groups is 1. The van der Waals surface area contributed by atoms with Crippen molar-refractivity contribution in [1.29, 1.82) is 5.41 Å². The van der Waals surface area contributed by atoms with Crippen molar-refractivity contribution < 1.29 is 4.74 Å². The predicted molar refractivity (Wildman–Crippen MR) is 61.8 cm³/mol. The molecule has 5 heteroatoms. The first kappa shape index (κ1) is 10.3. The lowest BCUT2D eigenvalue weighted by atomic mass is 10.0. The third-order valence-corrected chi connectivity index (χ3v) is 2.60. The highest BCUT2D eigenvalue weighted by molar-refractivity contribution is 6.36. The average Bonchev–Trinajstić information content (AvgIpc) is 2.16. The van der Waals surface area contributed by atoms with Gasteiger partial charge in [0.15, 0.2) is 0 Å². The molecular weight excluding hydrogens is 235 g/mol. The van der Waals surface area contributed by atoms with Crippen molar-refractivity contribution in [2.45, 2.75) is 0 Å². The molecule has 2 rings (SSSR count). The molecule has 0 aromatic heterocycles. The smallest absolute Gasteiger partial charge is 0.146 e. The predicted octanol–water partition coefficient (Wildman–Crippen LogP) is 2.71. The molecule has 1 aromatic carbocycles. The average molecular weight is 243 g/mol. The van der Waals surface area contributed by atoms with Crippen LogP contribution >= 0.6 is 23.2 Å². The van der Waals surface area contributed by atoms with Crippen molar-refractivity contribution in [3.05, 3.63) is 33.8 Å². The zero-order chi connectivity index (χ0) is 11.0. The quantitative estimate of drug-likeness (QED) is 0.588. The van der Waals surface area contributed by atoms with Crippen LogP contribution in [-0.4, -0.2) is 12.4 Å². The van der Waals surface area contributed by atoms with Crippen LogP contribution in [0.5, 0.6) is 5.75 Å². The SMILES string of the molecule is N=C(N)C1=CCOc2c(Cl)cc(Cl)cc21. The topological polar surface area (TPSA) is 59.1 Å². The Kier molecular flexibility index (Phi) is 2.59. The van der Waals surface area contributed by atoms with Gasteiger partial charge in [0.25, 0.3) is 0 Å². The summed E-state index contributed by atoms with van der Waals surface area (Å²) in [6.45, 7) is 0.364. The molecule has 0 spiro atoms. The second-order valence-corrected chi connectivity index (χ2v) is 3.95. The van der Waals surface area contributed by atoms with Gasteiger partial charge in [-0.1, -0.05) is 23.2 Å². The van der Waals surface area contributed by atoms with Gasteiger partial charge in [-0.2, -0.15) is 0 Å². The molecule has 0 fully saturated rings. The standard InChI is InChI=1S/C10H8Cl2N2O/c11-5-3-7-6(10(13)14)1-2-15-9(7)8(12)4-5/h1,3-4H,2H2,(H3,13,14). The van der Waals surface area contributed by atoms with Crippen LogP contribution in [0.25, 0.3) is 5.57 Å². The van der Waals surface area contributed by atoms with Gasteiger partial charge in [0, 0.05) is 16.2 Å². The Bertz CT molecular complexity index is 469. The number of benzene rings is 1. The zero-order valence-corrected chi connectivity index (χ0v) is 9.19. The minimum Gasteiger partial charge on any atom is -0.487 e. The van der Waals surface area contributed by atoms with E-state index in [0.717, 1.165) is 0 Å². The monoisotopic (exact) mass is 242 g/mol. The van der Waals surface area contributed by atoms with Crippen molar-refractivity contribution >= 4 is 34.6 Å². The lowest BCUT2D eigenvalue weighted by Crippen LogP contribution is -2.17. The number of ether oxygens (including phenoxy) is 1. The van der Waals surface area contributed by atoms with Crippen LogP contribution < -0.4 is 10.5 Å². The molecular formula is C10H8Cl2N2O. The second kappa shape index (κ2) is 3.76. The molecule has 3 N–H and O–H groups in total. The number of rotatable bonds is 1. The highest BCUT2D eigenvalue weighted by Gasteiger charge is 2.19. The molecule has 0 radical (unpaired) electrons. The van der Waals surface area contributed by atoms with Crippen LogP contribution in [-0.2, 0) is 0 Å². The van der Waals surface area contributed by atoms with Crippen molar-refractivity contribution in [1.82, 2.24) is 0 Å². The van der Waals surface area contributed by atoms with Crippen LogP contribution in [0.2, 0.25) is 10.0 Å². The van der Waals surface area contributed by atoms with Crippen molar-refractivity contribution in [2.75, 3.05) is 6.61 Å². The van der Waals surface area contributed by atoms with Gasteiger partial charge in [-0.3, -0.25) is 5.41 Å². The molecule has 1 aliphatic rings. The Morgan fingerprint density at radius 2 is 2.13 bits per heavy atom. The first-order valence-corrected chi connectivity index (χ1v) is 5.02. The van der Waals surface area contributed by atoms with E-state index < -0.39 is 0 Å². The molecule has 1 heterocycles. The summed E-state index contributed by atoms with van der Waals surface area (Å²) in [6.07, 6.45) is 1.73. The van der Waals surface area contributed by atoms with Crippen LogP contribution in [0.4, 0.5) is 0 Å². The van der Waals surface area contributed by atoms with Crippen LogP contribution in [0.1, 0.15) is 5.56 Å². The van der Waals surface area contributed by atoms with Gasteiger partial charge in [0.05, 0.1) is 5.02 Å². The molecule has 1 aliphatic heterocycles. The Labute approximate surface area is 96.9 Å². The summed E-state index contributed by atoms with van der Waals surface area (Å²) in [4.78, 5) is 0. The number of nitrogens with two attached hydrogens (primary N) is 1. The Balaban J connectivity index is 2.64. The largest absolute Gasteiger partial charge is 0.487 e. The van der Waals surface area contributed by atoms with Gasteiger partial charge in [-0.25, -0.2) is 0 Å². The van der Waals surface area contributed by atoms with Gasteiger partial charge in [-0.15, -0.1) is 0 Å². The molecule has 0 aliphatic carbocycles. The number of nitrogens with one attached hydrogen (secondary N) is 1. The third-order valence-electron chi connectivity index (χ3n) is 2.10. The van der Waals surface area contributed by atoms with E-state index in [4.69, 9.17) is 39.1 Å². The van der Waals surface area contributed by atoms with E-state index in [1.54, 1.807) is 18.2 Å². The van der Waals surface area contributed by atoms with Crippen LogP contribution in [0.15, 0.2) is 18.2 Å². The molecule has 0 saturated heterocycles. The summed E-state index contributed by atoms with van der Waals surface area (Å²) >= 11 is 11.8. The van der Waals surface area contributed by atoms with Gasteiger partial charge < -0.3 is 10.5 Å². The Morgan fingerprint density at radius 1 is 1.40 bits per heavy atom. The van der Waals surface area contributed by atoms with Crippen molar-refractivity contribution in [3.63, 3.8) is 0 Å².